The van der Waals surface area contributed by atoms with Crippen LogP contribution in [0.5, 0.6) is 0 Å². The SMILES string of the molecule is CCC(C)=C(CC)C(CC)(CC)NN. The molecule has 0 fully saturated rings. The Hall–Kier alpha value is -0.340. The Labute approximate surface area is 88.9 Å². The molecule has 0 amide bonds. The van der Waals surface area contributed by atoms with Crippen LogP contribution in [-0.4, -0.2) is 5.54 Å². The Morgan fingerprint density at radius 1 is 1.07 bits per heavy atom. The number of rotatable bonds is 6. The summed E-state index contributed by atoms with van der Waals surface area (Å²) in [6.07, 6.45) is 4.32. The van der Waals surface area contributed by atoms with Gasteiger partial charge in [0.1, 0.15) is 0 Å². The van der Waals surface area contributed by atoms with Gasteiger partial charge in [-0.05, 0) is 32.6 Å². The molecule has 0 aromatic rings. The molecule has 0 radical (unpaired) electrons. The van der Waals surface area contributed by atoms with Crippen molar-refractivity contribution < 1.29 is 0 Å². The van der Waals surface area contributed by atoms with Crippen molar-refractivity contribution in [2.75, 3.05) is 0 Å². The van der Waals surface area contributed by atoms with Gasteiger partial charge in [-0.15, -0.1) is 0 Å². The van der Waals surface area contributed by atoms with Crippen molar-refractivity contribution in [3.8, 4) is 0 Å². The molecular formula is C12H26N2. The summed E-state index contributed by atoms with van der Waals surface area (Å²) in [7, 11) is 0. The highest BCUT2D eigenvalue weighted by Crippen LogP contribution is 2.30. The zero-order chi connectivity index (χ0) is 11.2. The molecule has 0 heterocycles. The predicted octanol–water partition coefficient (Wildman–Crippen LogP) is 3.15. The maximum atomic E-state index is 5.71. The second kappa shape index (κ2) is 6.20. The van der Waals surface area contributed by atoms with Crippen LogP contribution in [0.15, 0.2) is 11.1 Å². The molecule has 84 valence electrons. The highest BCUT2D eigenvalue weighted by Gasteiger charge is 2.28. The fourth-order valence-corrected chi connectivity index (χ4v) is 2.23. The van der Waals surface area contributed by atoms with Crippen molar-refractivity contribution in [1.82, 2.24) is 5.43 Å². The molecule has 0 aromatic heterocycles. The van der Waals surface area contributed by atoms with Crippen LogP contribution in [0.25, 0.3) is 0 Å². The van der Waals surface area contributed by atoms with E-state index in [1.807, 2.05) is 0 Å². The molecule has 0 atom stereocenters. The van der Waals surface area contributed by atoms with Gasteiger partial charge in [0.2, 0.25) is 0 Å². The summed E-state index contributed by atoms with van der Waals surface area (Å²) >= 11 is 0. The average Bonchev–Trinajstić information content (AvgIpc) is 2.25. The molecular weight excluding hydrogens is 172 g/mol. The van der Waals surface area contributed by atoms with Crippen LogP contribution >= 0.6 is 0 Å². The van der Waals surface area contributed by atoms with Gasteiger partial charge in [0.05, 0.1) is 5.54 Å². The Morgan fingerprint density at radius 3 is 1.79 bits per heavy atom. The summed E-state index contributed by atoms with van der Waals surface area (Å²) < 4.78 is 0. The third kappa shape index (κ3) is 2.58. The van der Waals surface area contributed by atoms with Crippen LogP contribution in [0.2, 0.25) is 0 Å². The van der Waals surface area contributed by atoms with E-state index in [2.05, 4.69) is 40.0 Å². The first-order valence-corrected chi connectivity index (χ1v) is 5.78. The minimum absolute atomic E-state index is 0.0227. The lowest BCUT2D eigenvalue weighted by atomic mass is 9.80. The molecule has 14 heavy (non-hydrogen) atoms. The second-order valence-electron chi connectivity index (χ2n) is 3.90. The van der Waals surface area contributed by atoms with E-state index in [9.17, 15) is 0 Å². The Morgan fingerprint density at radius 2 is 1.57 bits per heavy atom. The molecule has 0 saturated heterocycles. The molecule has 0 unspecified atom stereocenters. The van der Waals surface area contributed by atoms with Crippen LogP contribution in [0.1, 0.15) is 60.3 Å². The van der Waals surface area contributed by atoms with Crippen LogP contribution in [0.3, 0.4) is 0 Å². The fourth-order valence-electron chi connectivity index (χ4n) is 2.23. The zero-order valence-corrected chi connectivity index (χ0v) is 10.4. The van der Waals surface area contributed by atoms with Gasteiger partial charge < -0.3 is 0 Å². The van der Waals surface area contributed by atoms with Gasteiger partial charge in [0, 0.05) is 0 Å². The molecule has 0 saturated carbocycles. The van der Waals surface area contributed by atoms with E-state index < -0.39 is 0 Å². The first kappa shape index (κ1) is 13.7. The van der Waals surface area contributed by atoms with Crippen molar-refractivity contribution in [3.63, 3.8) is 0 Å². The topological polar surface area (TPSA) is 38.0 Å². The molecule has 3 N–H and O–H groups in total. The van der Waals surface area contributed by atoms with E-state index in [0.717, 1.165) is 25.7 Å². The van der Waals surface area contributed by atoms with Crippen molar-refractivity contribution in [2.45, 2.75) is 65.8 Å². The van der Waals surface area contributed by atoms with Crippen LogP contribution < -0.4 is 11.3 Å². The van der Waals surface area contributed by atoms with Crippen LogP contribution in [0.4, 0.5) is 0 Å². The first-order chi connectivity index (χ1) is 6.61. The Bertz CT molecular complexity index is 182. The quantitative estimate of drug-likeness (QED) is 0.391. The van der Waals surface area contributed by atoms with E-state index in [4.69, 9.17) is 5.84 Å². The van der Waals surface area contributed by atoms with Crippen molar-refractivity contribution >= 4 is 0 Å². The van der Waals surface area contributed by atoms with E-state index in [0.29, 0.717) is 0 Å². The zero-order valence-electron chi connectivity index (χ0n) is 10.4. The number of nitrogens with two attached hydrogens (primary N) is 1. The van der Waals surface area contributed by atoms with Gasteiger partial charge in [-0.1, -0.05) is 38.8 Å². The van der Waals surface area contributed by atoms with E-state index in [1.165, 1.54) is 11.1 Å². The monoisotopic (exact) mass is 198 g/mol. The summed E-state index contributed by atoms with van der Waals surface area (Å²) in [5, 5.41) is 0. The van der Waals surface area contributed by atoms with E-state index in [-0.39, 0.29) is 5.54 Å². The molecule has 0 spiro atoms. The van der Waals surface area contributed by atoms with Gasteiger partial charge >= 0.3 is 0 Å². The Balaban J connectivity index is 5.14. The summed E-state index contributed by atoms with van der Waals surface area (Å²) in [5.74, 6) is 5.71. The first-order valence-electron chi connectivity index (χ1n) is 5.78. The van der Waals surface area contributed by atoms with Gasteiger partial charge in [0.25, 0.3) is 0 Å². The van der Waals surface area contributed by atoms with Gasteiger partial charge in [0.15, 0.2) is 0 Å². The lowest BCUT2D eigenvalue weighted by Crippen LogP contribution is -2.50. The maximum Gasteiger partial charge on any atom is 0.0526 e. The molecule has 2 heteroatoms. The second-order valence-corrected chi connectivity index (χ2v) is 3.90. The number of hydrogen-bond acceptors (Lipinski definition) is 2. The van der Waals surface area contributed by atoms with E-state index in [1.54, 1.807) is 0 Å². The highest BCUT2D eigenvalue weighted by atomic mass is 15.3. The molecule has 2 nitrogen and oxygen atoms in total. The van der Waals surface area contributed by atoms with Crippen molar-refractivity contribution in [3.05, 3.63) is 11.1 Å². The van der Waals surface area contributed by atoms with E-state index >= 15 is 0 Å². The fraction of sp³-hybridized carbons (Fsp3) is 0.833. The van der Waals surface area contributed by atoms with Gasteiger partial charge in [-0.25, -0.2) is 0 Å². The minimum atomic E-state index is 0.0227. The van der Waals surface area contributed by atoms with Crippen molar-refractivity contribution in [2.24, 2.45) is 5.84 Å². The summed E-state index contributed by atoms with van der Waals surface area (Å²) in [5.41, 5.74) is 6.02. The lowest BCUT2D eigenvalue weighted by Gasteiger charge is -2.35. The normalized spacial score (nSPS) is 14.1. The summed E-state index contributed by atoms with van der Waals surface area (Å²) in [6, 6.07) is 0. The molecule has 0 aliphatic heterocycles. The maximum absolute atomic E-state index is 5.71. The highest BCUT2D eigenvalue weighted by molar-refractivity contribution is 5.24. The minimum Gasteiger partial charge on any atom is -0.271 e. The predicted molar refractivity (Wildman–Crippen MR) is 63.9 cm³/mol. The summed E-state index contributed by atoms with van der Waals surface area (Å²) in [6.45, 7) is 11.0. The molecule has 0 aromatic carbocycles. The number of hydrazine groups is 1. The number of hydrogen-bond donors (Lipinski definition) is 2. The van der Waals surface area contributed by atoms with Gasteiger partial charge in [-0.3, -0.25) is 11.3 Å². The molecule has 0 aliphatic rings. The smallest absolute Gasteiger partial charge is 0.0526 e. The number of allylic oxidation sites excluding steroid dienone is 1. The number of nitrogens with one attached hydrogen (secondary N) is 1. The average molecular weight is 198 g/mol. The van der Waals surface area contributed by atoms with Crippen molar-refractivity contribution in [1.29, 1.82) is 0 Å². The third-order valence-corrected chi connectivity index (χ3v) is 3.46. The Kier molecular flexibility index (Phi) is 6.05. The lowest BCUT2D eigenvalue weighted by molar-refractivity contribution is 0.351. The largest absolute Gasteiger partial charge is 0.271 e. The van der Waals surface area contributed by atoms with Crippen LogP contribution in [0, 0.1) is 0 Å². The van der Waals surface area contributed by atoms with Gasteiger partial charge in [-0.2, -0.15) is 0 Å². The standard InChI is InChI=1S/C12H26N2/c1-6-10(5)11(7-2)12(8-3,9-4)14-13/h14H,6-9,13H2,1-5H3. The summed E-state index contributed by atoms with van der Waals surface area (Å²) in [4.78, 5) is 0. The molecule has 0 rings (SSSR count). The van der Waals surface area contributed by atoms with Crippen LogP contribution in [-0.2, 0) is 0 Å². The molecule has 0 aliphatic carbocycles. The molecule has 0 bridgehead atoms. The third-order valence-electron chi connectivity index (χ3n) is 3.46.